The zero-order chi connectivity index (χ0) is 18.8. The van der Waals surface area contributed by atoms with Gasteiger partial charge in [-0.2, -0.15) is 0 Å². The van der Waals surface area contributed by atoms with Gasteiger partial charge in [0.1, 0.15) is 30.8 Å². The molecule has 27 heavy (non-hydrogen) atoms. The van der Waals surface area contributed by atoms with Crippen molar-refractivity contribution in [1.29, 1.82) is 0 Å². The van der Waals surface area contributed by atoms with Crippen LogP contribution in [0.2, 0.25) is 0 Å². The van der Waals surface area contributed by atoms with Crippen LogP contribution in [0.15, 0.2) is 48.7 Å². The molecule has 0 unspecified atom stereocenters. The number of carbonyl (C=O) groups excluding carboxylic acids is 1. The lowest BCUT2D eigenvalue weighted by molar-refractivity contribution is -0.119. The second-order valence-electron chi connectivity index (χ2n) is 5.68. The zero-order valence-corrected chi connectivity index (χ0v) is 14.7. The zero-order valence-electron chi connectivity index (χ0n) is 13.9. The van der Waals surface area contributed by atoms with Crippen LogP contribution in [0.4, 0.5) is 13.9 Å². The number of ether oxygens (including phenoxy) is 2. The lowest BCUT2D eigenvalue weighted by Crippen LogP contribution is -2.33. The number of hydrogen-bond acceptors (Lipinski definition) is 6. The number of carbonyl (C=O) groups is 1. The Morgan fingerprint density at radius 1 is 1.30 bits per heavy atom. The van der Waals surface area contributed by atoms with Crippen molar-refractivity contribution < 1.29 is 23.0 Å². The van der Waals surface area contributed by atoms with Crippen LogP contribution in [0, 0.1) is 11.6 Å². The largest absolute Gasteiger partial charge is 0.494 e. The van der Waals surface area contributed by atoms with E-state index in [1.54, 1.807) is 24.5 Å². The van der Waals surface area contributed by atoms with E-state index in [0.29, 0.717) is 11.3 Å². The average Bonchev–Trinajstić information content (AvgIpc) is 3.11. The van der Waals surface area contributed by atoms with E-state index in [1.165, 1.54) is 17.2 Å². The summed E-state index contributed by atoms with van der Waals surface area (Å²) in [4.78, 5) is 22.5. The van der Waals surface area contributed by atoms with Gasteiger partial charge in [-0.1, -0.05) is 17.4 Å². The second kappa shape index (κ2) is 7.28. The molecule has 1 aliphatic heterocycles. The van der Waals surface area contributed by atoms with Gasteiger partial charge in [-0.15, -0.1) is 0 Å². The summed E-state index contributed by atoms with van der Waals surface area (Å²) in [5.74, 6) is -1.95. The van der Waals surface area contributed by atoms with Crippen LogP contribution in [-0.4, -0.2) is 29.1 Å². The van der Waals surface area contributed by atoms with E-state index in [0.717, 1.165) is 23.0 Å². The Bertz CT molecular complexity index is 1020. The maximum Gasteiger partial charge on any atom is 0.298 e. The smallest absolute Gasteiger partial charge is 0.298 e. The number of aromatic nitrogens is 2. The maximum atomic E-state index is 14.0. The summed E-state index contributed by atoms with van der Waals surface area (Å²) in [7, 11) is 0. The van der Waals surface area contributed by atoms with E-state index in [1.807, 2.05) is 0 Å². The Labute approximate surface area is 156 Å². The third-order valence-electron chi connectivity index (χ3n) is 3.80. The standard InChI is InChI=1S/C18H13F2N3O3S/c19-12-6-13(20)16-15(7-12)27-18(22-16)23(9-11-2-1-3-21-8-11)17(24)14-10-25-4-5-26-14/h1-3,6-8,10H,4-5,9H2. The quantitative estimate of drug-likeness (QED) is 0.684. The summed E-state index contributed by atoms with van der Waals surface area (Å²) in [5, 5.41) is 0.221. The molecule has 0 saturated carbocycles. The summed E-state index contributed by atoms with van der Waals surface area (Å²) >= 11 is 1.02. The molecule has 0 N–H and O–H groups in total. The highest BCUT2D eigenvalue weighted by Gasteiger charge is 2.27. The Balaban J connectivity index is 1.76. The van der Waals surface area contributed by atoms with E-state index >= 15 is 0 Å². The number of hydrogen-bond donors (Lipinski definition) is 0. The molecule has 2 aromatic heterocycles. The first-order valence-electron chi connectivity index (χ1n) is 8.03. The average molecular weight is 389 g/mol. The molecule has 3 heterocycles. The highest BCUT2D eigenvalue weighted by Crippen LogP contribution is 2.32. The van der Waals surface area contributed by atoms with Crippen molar-refractivity contribution in [1.82, 2.24) is 9.97 Å². The SMILES string of the molecule is O=C(C1=COCCO1)N(Cc1cccnc1)c1nc2c(F)cc(F)cc2s1. The van der Waals surface area contributed by atoms with E-state index in [4.69, 9.17) is 9.47 Å². The predicted octanol–water partition coefficient (Wildman–Crippen LogP) is 3.39. The van der Waals surface area contributed by atoms with Gasteiger partial charge in [-0.3, -0.25) is 14.7 Å². The van der Waals surface area contributed by atoms with Crippen LogP contribution in [-0.2, 0) is 20.8 Å². The van der Waals surface area contributed by atoms with Crippen LogP contribution in [0.5, 0.6) is 0 Å². The molecule has 6 nitrogen and oxygen atoms in total. The monoisotopic (exact) mass is 389 g/mol. The van der Waals surface area contributed by atoms with E-state index in [-0.39, 0.29) is 29.6 Å². The molecular weight excluding hydrogens is 376 g/mol. The first kappa shape index (κ1) is 17.3. The van der Waals surface area contributed by atoms with Gasteiger partial charge in [0.25, 0.3) is 5.91 Å². The van der Waals surface area contributed by atoms with E-state index in [9.17, 15) is 13.6 Å². The fourth-order valence-electron chi connectivity index (χ4n) is 2.58. The van der Waals surface area contributed by atoms with Crippen molar-refractivity contribution in [2.75, 3.05) is 18.1 Å². The van der Waals surface area contributed by atoms with Crippen molar-refractivity contribution >= 4 is 32.6 Å². The van der Waals surface area contributed by atoms with Crippen molar-refractivity contribution in [2.45, 2.75) is 6.54 Å². The summed E-state index contributed by atoms with van der Waals surface area (Å²) in [5.41, 5.74) is 0.754. The number of anilines is 1. The normalized spacial score (nSPS) is 13.6. The summed E-state index contributed by atoms with van der Waals surface area (Å²) in [6.07, 6.45) is 4.47. The summed E-state index contributed by atoms with van der Waals surface area (Å²) < 4.78 is 38.4. The number of nitrogens with zero attached hydrogens (tertiary/aromatic N) is 3. The Morgan fingerprint density at radius 3 is 2.93 bits per heavy atom. The van der Waals surface area contributed by atoms with Gasteiger partial charge in [0, 0.05) is 18.5 Å². The minimum absolute atomic E-state index is 0.00942. The second-order valence-corrected chi connectivity index (χ2v) is 6.69. The molecule has 1 aliphatic rings. The predicted molar refractivity (Wildman–Crippen MR) is 95.0 cm³/mol. The first-order valence-corrected chi connectivity index (χ1v) is 8.84. The fourth-order valence-corrected chi connectivity index (χ4v) is 3.58. The molecule has 0 aliphatic carbocycles. The number of rotatable bonds is 4. The molecule has 0 radical (unpaired) electrons. The molecule has 4 rings (SSSR count). The van der Waals surface area contributed by atoms with Crippen molar-refractivity contribution in [3.63, 3.8) is 0 Å². The molecular formula is C18H13F2N3O3S. The minimum atomic E-state index is -0.780. The molecule has 0 saturated heterocycles. The number of halogens is 2. The molecule has 3 aromatic rings. The Hall–Kier alpha value is -3.07. The van der Waals surface area contributed by atoms with Crippen LogP contribution >= 0.6 is 11.3 Å². The van der Waals surface area contributed by atoms with Crippen molar-refractivity contribution in [2.24, 2.45) is 0 Å². The molecule has 1 aromatic carbocycles. The van der Waals surface area contributed by atoms with Gasteiger partial charge >= 0.3 is 0 Å². The van der Waals surface area contributed by atoms with Gasteiger partial charge in [0.2, 0.25) is 5.76 Å². The molecule has 0 fully saturated rings. The third kappa shape index (κ3) is 3.59. The maximum absolute atomic E-state index is 14.0. The molecule has 0 atom stereocenters. The lowest BCUT2D eigenvalue weighted by Gasteiger charge is -2.23. The minimum Gasteiger partial charge on any atom is -0.494 e. The summed E-state index contributed by atoms with van der Waals surface area (Å²) in [6.45, 7) is 0.736. The van der Waals surface area contributed by atoms with Crippen molar-refractivity contribution in [3.8, 4) is 0 Å². The lowest BCUT2D eigenvalue weighted by atomic mass is 10.2. The van der Waals surface area contributed by atoms with E-state index < -0.39 is 17.5 Å². The van der Waals surface area contributed by atoms with Gasteiger partial charge < -0.3 is 9.47 Å². The number of amides is 1. The van der Waals surface area contributed by atoms with Crippen LogP contribution in [0.1, 0.15) is 5.56 Å². The molecule has 1 amide bonds. The summed E-state index contributed by atoms with van der Waals surface area (Å²) in [6, 6.07) is 5.49. The van der Waals surface area contributed by atoms with Crippen LogP contribution in [0.25, 0.3) is 10.2 Å². The van der Waals surface area contributed by atoms with Gasteiger partial charge in [-0.05, 0) is 17.7 Å². The molecule has 9 heteroatoms. The topological polar surface area (TPSA) is 64.6 Å². The van der Waals surface area contributed by atoms with Crippen molar-refractivity contribution in [3.05, 3.63) is 65.9 Å². The fraction of sp³-hybridized carbons (Fsp3) is 0.167. The number of thiazole rings is 1. The van der Waals surface area contributed by atoms with Crippen LogP contribution < -0.4 is 4.90 Å². The van der Waals surface area contributed by atoms with Gasteiger partial charge in [-0.25, -0.2) is 13.8 Å². The first-order chi connectivity index (χ1) is 13.1. The molecule has 138 valence electrons. The Morgan fingerprint density at radius 2 is 2.19 bits per heavy atom. The Kier molecular flexibility index (Phi) is 4.68. The highest BCUT2D eigenvalue weighted by atomic mass is 32.1. The number of benzene rings is 1. The van der Waals surface area contributed by atoms with E-state index in [2.05, 4.69) is 9.97 Å². The highest BCUT2D eigenvalue weighted by molar-refractivity contribution is 7.22. The number of fused-ring (bicyclic) bond motifs is 1. The van der Waals surface area contributed by atoms with Gasteiger partial charge in [0.05, 0.1) is 11.2 Å². The number of pyridine rings is 1. The van der Waals surface area contributed by atoms with Gasteiger partial charge in [0.15, 0.2) is 10.9 Å². The molecule has 0 spiro atoms. The molecule has 0 bridgehead atoms. The third-order valence-corrected chi connectivity index (χ3v) is 4.83. The van der Waals surface area contributed by atoms with Crippen LogP contribution in [0.3, 0.4) is 0 Å².